The Hall–Kier alpha value is -2.56. The molecule has 5 nitrogen and oxygen atoms in total. The molecule has 0 aliphatic rings. The first-order valence-electron chi connectivity index (χ1n) is 6.36. The van der Waals surface area contributed by atoms with Crippen molar-refractivity contribution in [3.63, 3.8) is 0 Å². The Balaban J connectivity index is 2.12. The van der Waals surface area contributed by atoms with Gasteiger partial charge >= 0.3 is 5.97 Å². The van der Waals surface area contributed by atoms with Crippen LogP contribution >= 0.6 is 0 Å². The quantitative estimate of drug-likeness (QED) is 0.836. The van der Waals surface area contributed by atoms with E-state index in [2.05, 4.69) is 10.3 Å². The summed E-state index contributed by atoms with van der Waals surface area (Å²) < 4.78 is 4.93. The first-order valence-corrected chi connectivity index (χ1v) is 6.36. The molecule has 1 aromatic heterocycles. The van der Waals surface area contributed by atoms with Crippen molar-refractivity contribution in [1.82, 2.24) is 4.98 Å². The monoisotopic (exact) mass is 271 g/mol. The molecule has 104 valence electrons. The van der Waals surface area contributed by atoms with Gasteiger partial charge in [0.1, 0.15) is 0 Å². The van der Waals surface area contributed by atoms with Crippen molar-refractivity contribution in [3.05, 3.63) is 47.7 Å². The number of nitrogens with two attached hydrogens (primary N) is 1. The molecule has 0 spiro atoms. The highest BCUT2D eigenvalue weighted by Crippen LogP contribution is 2.21. The van der Waals surface area contributed by atoms with Gasteiger partial charge < -0.3 is 15.8 Å². The molecule has 0 unspecified atom stereocenters. The number of esters is 1. The number of nitrogens with zero attached hydrogens (tertiary/aromatic N) is 1. The lowest BCUT2D eigenvalue weighted by Crippen LogP contribution is -2.04. The van der Waals surface area contributed by atoms with Crippen LogP contribution in [0.3, 0.4) is 0 Å². The zero-order valence-corrected chi connectivity index (χ0v) is 11.5. The van der Waals surface area contributed by atoms with E-state index >= 15 is 0 Å². The van der Waals surface area contributed by atoms with E-state index in [0.717, 1.165) is 11.3 Å². The third-order valence-corrected chi connectivity index (χ3v) is 2.71. The lowest BCUT2D eigenvalue weighted by molar-refractivity contribution is 0.0526. The number of aromatic nitrogens is 1. The van der Waals surface area contributed by atoms with Gasteiger partial charge in [0, 0.05) is 11.9 Å². The van der Waals surface area contributed by atoms with Crippen LogP contribution in [0.25, 0.3) is 0 Å². The van der Waals surface area contributed by atoms with E-state index in [4.69, 9.17) is 10.5 Å². The molecular weight excluding hydrogens is 254 g/mol. The van der Waals surface area contributed by atoms with Gasteiger partial charge in [0.15, 0.2) is 5.82 Å². The van der Waals surface area contributed by atoms with Gasteiger partial charge in [-0.15, -0.1) is 0 Å². The van der Waals surface area contributed by atoms with Gasteiger partial charge in [-0.05, 0) is 49.7 Å². The maximum Gasteiger partial charge on any atom is 0.338 e. The summed E-state index contributed by atoms with van der Waals surface area (Å²) in [5.74, 6) is 0.270. The third-order valence-electron chi connectivity index (χ3n) is 2.71. The molecule has 0 aliphatic heterocycles. The summed E-state index contributed by atoms with van der Waals surface area (Å²) in [5.41, 5.74) is 8.80. The average molecular weight is 271 g/mol. The normalized spacial score (nSPS) is 10.1. The minimum Gasteiger partial charge on any atom is -0.462 e. The van der Waals surface area contributed by atoms with Crippen LogP contribution in [-0.2, 0) is 4.74 Å². The number of ether oxygens (including phenoxy) is 1. The van der Waals surface area contributed by atoms with Crippen LogP contribution < -0.4 is 11.1 Å². The Morgan fingerprint density at radius 2 is 2.05 bits per heavy atom. The Morgan fingerprint density at radius 3 is 2.65 bits per heavy atom. The summed E-state index contributed by atoms with van der Waals surface area (Å²) >= 11 is 0. The number of nitrogens with one attached hydrogen (secondary N) is 1. The number of aryl methyl sites for hydroxylation is 1. The molecule has 2 aromatic rings. The van der Waals surface area contributed by atoms with Gasteiger partial charge in [-0.3, -0.25) is 0 Å². The van der Waals surface area contributed by atoms with Crippen molar-refractivity contribution in [2.75, 3.05) is 17.7 Å². The fourth-order valence-electron chi connectivity index (χ4n) is 1.74. The summed E-state index contributed by atoms with van der Waals surface area (Å²) in [7, 11) is 0. The minimum absolute atomic E-state index is 0.327. The van der Waals surface area contributed by atoms with Crippen LogP contribution in [0.15, 0.2) is 36.5 Å². The van der Waals surface area contributed by atoms with Crippen molar-refractivity contribution < 1.29 is 9.53 Å². The van der Waals surface area contributed by atoms with Crippen LogP contribution in [0.2, 0.25) is 0 Å². The van der Waals surface area contributed by atoms with Crippen molar-refractivity contribution in [2.24, 2.45) is 0 Å². The Morgan fingerprint density at radius 1 is 1.35 bits per heavy atom. The summed E-state index contributed by atoms with van der Waals surface area (Å²) in [4.78, 5) is 15.8. The molecule has 5 heteroatoms. The van der Waals surface area contributed by atoms with Crippen molar-refractivity contribution in [3.8, 4) is 0 Å². The Kier molecular flexibility index (Phi) is 4.20. The summed E-state index contributed by atoms with van der Waals surface area (Å²) in [6.07, 6.45) is 1.74. The highest BCUT2D eigenvalue weighted by molar-refractivity contribution is 5.90. The summed E-state index contributed by atoms with van der Waals surface area (Å²) in [6, 6.07) is 8.82. The van der Waals surface area contributed by atoms with Crippen LogP contribution in [0.1, 0.15) is 22.8 Å². The predicted octanol–water partition coefficient (Wildman–Crippen LogP) is 2.89. The zero-order chi connectivity index (χ0) is 14.5. The van der Waals surface area contributed by atoms with Gasteiger partial charge in [-0.25, -0.2) is 9.78 Å². The standard InChI is InChI=1S/C15H17N3O2/c1-3-20-15(19)11-4-6-12(7-5-11)18-14-13(16)8-10(2)9-17-14/h4-9H,3,16H2,1-2H3,(H,17,18). The highest BCUT2D eigenvalue weighted by Gasteiger charge is 2.06. The van der Waals surface area contributed by atoms with E-state index < -0.39 is 0 Å². The Bertz CT molecular complexity index is 609. The molecule has 0 saturated heterocycles. The predicted molar refractivity (Wildman–Crippen MR) is 79.1 cm³/mol. The molecule has 0 bridgehead atoms. The fraction of sp³-hybridized carbons (Fsp3) is 0.200. The Labute approximate surface area is 117 Å². The first kappa shape index (κ1) is 13.9. The number of carbonyl (C=O) groups excluding carboxylic acids is 1. The van der Waals surface area contributed by atoms with E-state index in [1.54, 1.807) is 37.4 Å². The van der Waals surface area contributed by atoms with Gasteiger partial charge in [0.2, 0.25) is 0 Å². The minimum atomic E-state index is -0.327. The molecule has 1 heterocycles. The van der Waals surface area contributed by atoms with Crippen LogP contribution in [0, 0.1) is 6.92 Å². The van der Waals surface area contributed by atoms with Gasteiger partial charge in [-0.1, -0.05) is 0 Å². The fourth-order valence-corrected chi connectivity index (χ4v) is 1.74. The largest absolute Gasteiger partial charge is 0.462 e. The molecule has 0 amide bonds. The number of carbonyl (C=O) groups is 1. The highest BCUT2D eigenvalue weighted by atomic mass is 16.5. The van der Waals surface area contributed by atoms with Crippen LogP contribution in [-0.4, -0.2) is 17.6 Å². The molecule has 3 N–H and O–H groups in total. The second-order valence-corrected chi connectivity index (χ2v) is 4.37. The molecule has 0 aliphatic carbocycles. The maximum atomic E-state index is 11.5. The number of nitrogen functional groups attached to an aromatic ring is 1. The second kappa shape index (κ2) is 6.06. The van der Waals surface area contributed by atoms with Gasteiger partial charge in [0.25, 0.3) is 0 Å². The van der Waals surface area contributed by atoms with Crippen LogP contribution in [0.5, 0.6) is 0 Å². The number of pyridine rings is 1. The maximum absolute atomic E-state index is 11.5. The van der Waals surface area contributed by atoms with Gasteiger partial charge in [-0.2, -0.15) is 0 Å². The molecule has 0 radical (unpaired) electrons. The molecule has 0 saturated carbocycles. The summed E-state index contributed by atoms with van der Waals surface area (Å²) in [6.45, 7) is 4.07. The van der Waals surface area contributed by atoms with Crippen molar-refractivity contribution in [2.45, 2.75) is 13.8 Å². The summed E-state index contributed by atoms with van der Waals surface area (Å²) in [5, 5.41) is 3.11. The number of hydrogen-bond donors (Lipinski definition) is 2. The SMILES string of the molecule is CCOC(=O)c1ccc(Nc2ncc(C)cc2N)cc1. The number of anilines is 3. The third kappa shape index (κ3) is 3.26. The molecular formula is C15H17N3O2. The van der Waals surface area contributed by atoms with E-state index in [1.807, 2.05) is 13.0 Å². The van der Waals surface area contributed by atoms with Gasteiger partial charge in [0.05, 0.1) is 17.9 Å². The average Bonchev–Trinajstić information content (AvgIpc) is 2.43. The number of benzene rings is 1. The van der Waals surface area contributed by atoms with Crippen molar-refractivity contribution in [1.29, 1.82) is 0 Å². The molecule has 2 rings (SSSR count). The van der Waals surface area contributed by atoms with E-state index in [-0.39, 0.29) is 5.97 Å². The van der Waals surface area contributed by atoms with Crippen LogP contribution in [0.4, 0.5) is 17.2 Å². The lowest BCUT2D eigenvalue weighted by atomic mass is 10.2. The molecule has 0 atom stereocenters. The number of rotatable bonds is 4. The number of hydrogen-bond acceptors (Lipinski definition) is 5. The lowest BCUT2D eigenvalue weighted by Gasteiger charge is -2.09. The molecule has 1 aromatic carbocycles. The van der Waals surface area contributed by atoms with E-state index in [1.165, 1.54) is 0 Å². The topological polar surface area (TPSA) is 77.2 Å². The zero-order valence-electron chi connectivity index (χ0n) is 11.5. The van der Waals surface area contributed by atoms with E-state index in [9.17, 15) is 4.79 Å². The van der Waals surface area contributed by atoms with E-state index in [0.29, 0.717) is 23.7 Å². The first-order chi connectivity index (χ1) is 9.60. The van der Waals surface area contributed by atoms with Crippen molar-refractivity contribution >= 4 is 23.2 Å². The second-order valence-electron chi connectivity index (χ2n) is 4.37. The molecule has 20 heavy (non-hydrogen) atoms. The smallest absolute Gasteiger partial charge is 0.338 e. The molecule has 0 fully saturated rings.